The van der Waals surface area contributed by atoms with Crippen molar-refractivity contribution in [3.8, 4) is 5.75 Å². The van der Waals surface area contributed by atoms with Crippen molar-refractivity contribution in [3.63, 3.8) is 0 Å². The molecule has 3 N–H and O–H groups in total. The lowest BCUT2D eigenvalue weighted by atomic mass is 9.51. The van der Waals surface area contributed by atoms with E-state index in [-0.39, 0.29) is 53.0 Å². The topological polar surface area (TPSA) is 87.7 Å². The first-order valence-corrected chi connectivity index (χ1v) is 13.7. The number of carbonyl (C=O) groups is 2. The van der Waals surface area contributed by atoms with Crippen LogP contribution in [-0.4, -0.2) is 42.2 Å². The molecule has 1 aromatic carbocycles. The maximum Gasteiger partial charge on any atom is 0.251 e. The Hall–Kier alpha value is -2.08. The first-order valence-electron chi connectivity index (χ1n) is 13.7. The van der Waals surface area contributed by atoms with Crippen LogP contribution in [0.4, 0.5) is 0 Å². The van der Waals surface area contributed by atoms with Crippen LogP contribution in [0.3, 0.4) is 0 Å². The van der Waals surface area contributed by atoms with E-state index in [9.17, 15) is 14.7 Å². The van der Waals surface area contributed by atoms with Gasteiger partial charge in [0.15, 0.2) is 0 Å². The zero-order valence-corrected chi connectivity index (χ0v) is 21.9. The molecule has 0 aromatic heterocycles. The molecule has 194 valence electrons. The van der Waals surface area contributed by atoms with Crippen molar-refractivity contribution in [2.24, 2.45) is 29.1 Å². The van der Waals surface area contributed by atoms with E-state index < -0.39 is 6.10 Å². The van der Waals surface area contributed by atoms with E-state index in [1.54, 1.807) is 31.4 Å². The molecule has 6 nitrogen and oxygen atoms in total. The molecule has 6 heteroatoms. The monoisotopic (exact) mass is 484 g/mol. The summed E-state index contributed by atoms with van der Waals surface area (Å²) in [6.45, 7) is 6.45. The Bertz CT molecular complexity index is 881. The molecule has 3 aliphatic rings. The van der Waals surface area contributed by atoms with Gasteiger partial charge in [-0.1, -0.05) is 40.0 Å². The van der Waals surface area contributed by atoms with Gasteiger partial charge in [-0.05, 0) is 86.0 Å². The Kier molecular flexibility index (Phi) is 8.09. The molecule has 0 saturated heterocycles. The standard InChI is InChI=1S/C29H44N2O4/c1-18(27(33)30-21-8-6-5-7-9-21)23-14-16-29(3)17-15-24(19(2)25(29)26(23)32)31-28(34)20-10-12-22(35-4)13-11-20/h10-13,18-19,21,23-26,32H,5-9,14-17H2,1-4H3,(H,30,33)(H,31,34). The number of ether oxygens (including phenoxy) is 1. The molecule has 2 amide bonds. The maximum atomic E-state index is 13.1. The number of benzene rings is 1. The van der Waals surface area contributed by atoms with Gasteiger partial charge in [0.05, 0.1) is 13.2 Å². The lowest BCUT2D eigenvalue weighted by Crippen LogP contribution is -2.58. The average Bonchev–Trinajstić information content (AvgIpc) is 2.86. The van der Waals surface area contributed by atoms with Crippen molar-refractivity contribution in [1.29, 1.82) is 0 Å². The maximum absolute atomic E-state index is 13.1. The summed E-state index contributed by atoms with van der Waals surface area (Å²) in [5, 5.41) is 18.2. The molecule has 7 unspecified atom stereocenters. The van der Waals surface area contributed by atoms with Crippen LogP contribution in [0.25, 0.3) is 0 Å². The van der Waals surface area contributed by atoms with Gasteiger partial charge in [-0.3, -0.25) is 9.59 Å². The SMILES string of the molecule is COc1ccc(C(=O)NC2CCC3(C)CCC(C(C)C(=O)NC4CCCCC4)C(O)C3C2C)cc1. The number of aliphatic hydroxyl groups is 1. The third-order valence-electron chi connectivity index (χ3n) is 9.56. The summed E-state index contributed by atoms with van der Waals surface area (Å²) in [7, 11) is 1.61. The zero-order chi connectivity index (χ0) is 25.2. The van der Waals surface area contributed by atoms with Crippen molar-refractivity contribution in [1.82, 2.24) is 10.6 Å². The van der Waals surface area contributed by atoms with E-state index >= 15 is 0 Å². The average molecular weight is 485 g/mol. The minimum absolute atomic E-state index is 0.00227. The van der Waals surface area contributed by atoms with E-state index in [1.165, 1.54) is 19.3 Å². The van der Waals surface area contributed by atoms with Crippen LogP contribution in [0.5, 0.6) is 5.75 Å². The zero-order valence-electron chi connectivity index (χ0n) is 21.9. The summed E-state index contributed by atoms with van der Waals surface area (Å²) in [5.74, 6) is 0.658. The highest BCUT2D eigenvalue weighted by molar-refractivity contribution is 5.94. The Morgan fingerprint density at radius 3 is 2.34 bits per heavy atom. The van der Waals surface area contributed by atoms with Gasteiger partial charge in [0.1, 0.15) is 5.75 Å². The fourth-order valence-electron chi connectivity index (χ4n) is 7.27. The number of rotatable bonds is 6. The molecule has 1 aromatic rings. The van der Waals surface area contributed by atoms with E-state index in [2.05, 4.69) is 24.5 Å². The molecule has 35 heavy (non-hydrogen) atoms. The van der Waals surface area contributed by atoms with Crippen molar-refractivity contribution in [3.05, 3.63) is 29.8 Å². The summed E-state index contributed by atoms with van der Waals surface area (Å²) in [4.78, 5) is 26.1. The Morgan fingerprint density at radius 2 is 1.69 bits per heavy atom. The number of fused-ring (bicyclic) bond motifs is 1. The van der Waals surface area contributed by atoms with Gasteiger partial charge in [-0.15, -0.1) is 0 Å². The predicted molar refractivity (Wildman–Crippen MR) is 137 cm³/mol. The summed E-state index contributed by atoms with van der Waals surface area (Å²) in [6.07, 6.45) is 9.01. The Labute approximate surface area is 210 Å². The van der Waals surface area contributed by atoms with Gasteiger partial charge < -0.3 is 20.5 Å². The summed E-state index contributed by atoms with van der Waals surface area (Å²) < 4.78 is 5.20. The van der Waals surface area contributed by atoms with Crippen LogP contribution in [0.1, 0.15) is 88.9 Å². The van der Waals surface area contributed by atoms with Gasteiger partial charge in [-0.2, -0.15) is 0 Å². The molecule has 3 saturated carbocycles. The van der Waals surface area contributed by atoms with Crippen LogP contribution in [-0.2, 0) is 4.79 Å². The van der Waals surface area contributed by atoms with E-state index in [4.69, 9.17) is 4.74 Å². The smallest absolute Gasteiger partial charge is 0.251 e. The number of nitrogens with one attached hydrogen (secondary N) is 2. The number of amides is 2. The van der Waals surface area contributed by atoms with Gasteiger partial charge in [0.2, 0.25) is 5.91 Å². The third-order valence-corrected chi connectivity index (χ3v) is 9.56. The fourth-order valence-corrected chi connectivity index (χ4v) is 7.27. The molecule has 3 fully saturated rings. The number of hydrogen-bond donors (Lipinski definition) is 3. The Balaban J connectivity index is 1.42. The fraction of sp³-hybridized carbons (Fsp3) is 0.724. The van der Waals surface area contributed by atoms with E-state index in [1.807, 2.05) is 6.92 Å². The largest absolute Gasteiger partial charge is 0.497 e. The van der Waals surface area contributed by atoms with E-state index in [0.29, 0.717) is 5.56 Å². The molecule has 0 heterocycles. The lowest BCUT2D eigenvalue weighted by molar-refractivity contribution is -0.142. The van der Waals surface area contributed by atoms with Gasteiger partial charge in [0, 0.05) is 23.6 Å². The molecular weight excluding hydrogens is 440 g/mol. The number of aliphatic hydroxyl groups excluding tert-OH is 1. The summed E-state index contributed by atoms with van der Waals surface area (Å²) >= 11 is 0. The molecule has 0 radical (unpaired) electrons. The number of methoxy groups -OCH3 is 1. The third kappa shape index (κ3) is 5.52. The molecule has 3 aliphatic carbocycles. The molecule has 0 aliphatic heterocycles. The van der Waals surface area contributed by atoms with Crippen molar-refractivity contribution in [2.45, 2.75) is 96.7 Å². The van der Waals surface area contributed by atoms with Crippen LogP contribution < -0.4 is 15.4 Å². The molecule has 4 rings (SSSR count). The van der Waals surface area contributed by atoms with Gasteiger partial charge in [0.25, 0.3) is 5.91 Å². The highest BCUT2D eigenvalue weighted by Gasteiger charge is 2.54. The van der Waals surface area contributed by atoms with Gasteiger partial charge >= 0.3 is 0 Å². The second kappa shape index (κ2) is 10.9. The first-order chi connectivity index (χ1) is 16.7. The highest BCUT2D eigenvalue weighted by atomic mass is 16.5. The normalized spacial score (nSPS) is 34.4. The van der Waals surface area contributed by atoms with Gasteiger partial charge in [-0.25, -0.2) is 0 Å². The van der Waals surface area contributed by atoms with Crippen molar-refractivity contribution >= 4 is 11.8 Å². The van der Waals surface area contributed by atoms with Crippen LogP contribution in [0.2, 0.25) is 0 Å². The summed E-state index contributed by atoms with van der Waals surface area (Å²) in [5.41, 5.74) is 0.650. The number of carbonyl (C=O) groups excluding carboxylic acids is 2. The molecule has 0 spiro atoms. The minimum Gasteiger partial charge on any atom is -0.497 e. The molecular formula is C29H44N2O4. The van der Waals surface area contributed by atoms with Crippen LogP contribution >= 0.6 is 0 Å². The van der Waals surface area contributed by atoms with Crippen molar-refractivity contribution in [2.75, 3.05) is 7.11 Å². The minimum atomic E-state index is -0.545. The second-order valence-electron chi connectivity index (χ2n) is 11.7. The Morgan fingerprint density at radius 1 is 1.03 bits per heavy atom. The van der Waals surface area contributed by atoms with Crippen LogP contribution in [0.15, 0.2) is 24.3 Å². The summed E-state index contributed by atoms with van der Waals surface area (Å²) in [6, 6.07) is 7.45. The number of hydrogen-bond acceptors (Lipinski definition) is 4. The predicted octanol–water partition coefficient (Wildman–Crippen LogP) is 4.70. The van der Waals surface area contributed by atoms with Crippen molar-refractivity contribution < 1.29 is 19.4 Å². The van der Waals surface area contributed by atoms with E-state index in [0.717, 1.165) is 44.3 Å². The lowest BCUT2D eigenvalue weighted by Gasteiger charge is -2.56. The molecule has 7 atom stereocenters. The molecule has 0 bridgehead atoms. The van der Waals surface area contributed by atoms with Crippen LogP contribution in [0, 0.1) is 29.1 Å². The highest BCUT2D eigenvalue weighted by Crippen LogP contribution is 2.55. The first kappa shape index (κ1) is 26.0. The second-order valence-corrected chi connectivity index (χ2v) is 11.7. The quantitative estimate of drug-likeness (QED) is 0.546.